The number of phenolic OH excluding ortho intramolecular Hbond substituents is 1. The number of hydrogen-bond donors (Lipinski definition) is 2. The number of thiocarbonyl (C=S) groups is 1. The van der Waals surface area contributed by atoms with Crippen molar-refractivity contribution in [3.8, 4) is 17.2 Å². The van der Waals surface area contributed by atoms with Gasteiger partial charge in [0.2, 0.25) is 11.7 Å². The minimum atomic E-state index is -0.387. The number of aromatic hydroxyl groups is 1. The number of nitrogens with zero attached hydrogens (tertiary/aromatic N) is 1. The Morgan fingerprint density at radius 1 is 1.23 bits per heavy atom. The van der Waals surface area contributed by atoms with Crippen molar-refractivity contribution in [2.75, 3.05) is 26.1 Å². The molecule has 0 atom stereocenters. The average molecular weight is 465 g/mol. The zero-order valence-corrected chi connectivity index (χ0v) is 18.4. The van der Waals surface area contributed by atoms with E-state index in [4.69, 9.17) is 33.3 Å². The van der Waals surface area contributed by atoms with Gasteiger partial charge in [0.15, 0.2) is 11.5 Å². The van der Waals surface area contributed by atoms with Crippen LogP contribution in [0.2, 0.25) is 5.02 Å². The number of thioether (sulfide) groups is 1. The number of benzene rings is 2. The summed E-state index contributed by atoms with van der Waals surface area (Å²) in [5, 5.41) is 13.3. The van der Waals surface area contributed by atoms with Crippen LogP contribution in [-0.2, 0) is 9.59 Å². The lowest BCUT2D eigenvalue weighted by Crippen LogP contribution is -2.36. The Kier molecular flexibility index (Phi) is 6.86. The standard InChI is InChI=1S/C20H17ClN2O5S2/c1-27-14-7-11(8-15(28-2)18(14)25)9-16-19(26)23(20(29)30-16)10-17(24)22-13-5-3-12(21)4-6-13/h3-9,25H,10H2,1-2H3,(H,22,24)/b16-9-. The lowest BCUT2D eigenvalue weighted by Gasteiger charge is -2.14. The number of methoxy groups -OCH3 is 2. The van der Waals surface area contributed by atoms with Gasteiger partial charge in [-0.1, -0.05) is 35.6 Å². The molecule has 10 heteroatoms. The van der Waals surface area contributed by atoms with Crippen LogP contribution in [-0.4, -0.2) is 46.9 Å². The average Bonchev–Trinajstić information content (AvgIpc) is 2.98. The number of halogens is 1. The minimum absolute atomic E-state index is 0.136. The zero-order chi connectivity index (χ0) is 21.8. The molecule has 0 saturated carbocycles. The van der Waals surface area contributed by atoms with E-state index in [1.807, 2.05) is 0 Å². The first kappa shape index (κ1) is 21.9. The Bertz CT molecular complexity index is 1010. The van der Waals surface area contributed by atoms with Crippen molar-refractivity contribution in [1.82, 2.24) is 4.90 Å². The minimum Gasteiger partial charge on any atom is -0.502 e. The predicted molar refractivity (Wildman–Crippen MR) is 121 cm³/mol. The van der Waals surface area contributed by atoms with E-state index in [0.29, 0.717) is 21.2 Å². The van der Waals surface area contributed by atoms with Crippen molar-refractivity contribution in [3.63, 3.8) is 0 Å². The van der Waals surface area contributed by atoms with Crippen LogP contribution in [0.3, 0.4) is 0 Å². The first-order valence-corrected chi connectivity index (χ1v) is 10.2. The van der Waals surface area contributed by atoms with E-state index in [1.54, 1.807) is 42.5 Å². The molecule has 0 unspecified atom stereocenters. The predicted octanol–water partition coefficient (Wildman–Crippen LogP) is 3.90. The number of carbonyl (C=O) groups is 2. The molecule has 1 aliphatic heterocycles. The molecule has 0 radical (unpaired) electrons. The van der Waals surface area contributed by atoms with Crippen LogP contribution in [0, 0.1) is 0 Å². The number of ether oxygens (including phenoxy) is 2. The number of hydrogen-bond acceptors (Lipinski definition) is 7. The van der Waals surface area contributed by atoms with E-state index in [1.165, 1.54) is 19.1 Å². The normalized spacial score (nSPS) is 14.9. The van der Waals surface area contributed by atoms with Crippen LogP contribution in [0.25, 0.3) is 6.08 Å². The summed E-state index contributed by atoms with van der Waals surface area (Å²) in [7, 11) is 2.83. The number of nitrogens with one attached hydrogen (secondary N) is 1. The summed E-state index contributed by atoms with van der Waals surface area (Å²) < 4.78 is 10.5. The molecule has 1 saturated heterocycles. The highest BCUT2D eigenvalue weighted by molar-refractivity contribution is 8.26. The van der Waals surface area contributed by atoms with Crippen molar-refractivity contribution in [2.24, 2.45) is 0 Å². The fraction of sp³-hybridized carbons (Fsp3) is 0.150. The summed E-state index contributed by atoms with van der Waals surface area (Å²) in [6.07, 6.45) is 1.60. The van der Waals surface area contributed by atoms with Gasteiger partial charge in [-0.3, -0.25) is 14.5 Å². The highest BCUT2D eigenvalue weighted by Crippen LogP contribution is 2.39. The molecule has 0 spiro atoms. The number of carbonyl (C=O) groups excluding carboxylic acids is 2. The van der Waals surface area contributed by atoms with Crippen LogP contribution in [0.1, 0.15) is 5.56 Å². The molecule has 0 aliphatic carbocycles. The lowest BCUT2D eigenvalue weighted by atomic mass is 10.1. The molecule has 3 rings (SSSR count). The molecule has 2 aromatic carbocycles. The number of phenols is 1. The van der Waals surface area contributed by atoms with Gasteiger partial charge in [0.25, 0.3) is 5.91 Å². The molecule has 2 N–H and O–H groups in total. The molecule has 30 heavy (non-hydrogen) atoms. The first-order chi connectivity index (χ1) is 14.3. The number of anilines is 1. The topological polar surface area (TPSA) is 88.1 Å². The van der Waals surface area contributed by atoms with Gasteiger partial charge in [-0.15, -0.1) is 0 Å². The molecule has 1 heterocycles. The van der Waals surface area contributed by atoms with Gasteiger partial charge in [0.05, 0.1) is 19.1 Å². The molecular formula is C20H17ClN2O5S2. The van der Waals surface area contributed by atoms with Crippen molar-refractivity contribution in [1.29, 1.82) is 0 Å². The third-order valence-corrected chi connectivity index (χ3v) is 5.73. The van der Waals surface area contributed by atoms with Crippen LogP contribution in [0.15, 0.2) is 41.3 Å². The van der Waals surface area contributed by atoms with Crippen molar-refractivity contribution >= 4 is 63.5 Å². The molecule has 2 amide bonds. The van der Waals surface area contributed by atoms with Crippen molar-refractivity contribution in [3.05, 3.63) is 51.9 Å². The van der Waals surface area contributed by atoms with Gasteiger partial charge in [-0.2, -0.15) is 0 Å². The highest BCUT2D eigenvalue weighted by atomic mass is 35.5. The molecule has 0 bridgehead atoms. The Hall–Kier alpha value is -2.75. The van der Waals surface area contributed by atoms with Gasteiger partial charge < -0.3 is 19.9 Å². The summed E-state index contributed by atoms with van der Waals surface area (Å²) in [6, 6.07) is 9.76. The maximum Gasteiger partial charge on any atom is 0.266 e. The van der Waals surface area contributed by atoms with E-state index >= 15 is 0 Å². The molecule has 1 fully saturated rings. The van der Waals surface area contributed by atoms with Crippen LogP contribution < -0.4 is 14.8 Å². The fourth-order valence-electron chi connectivity index (χ4n) is 2.66. The van der Waals surface area contributed by atoms with Crippen molar-refractivity contribution < 1.29 is 24.2 Å². The molecule has 0 aromatic heterocycles. The molecular weight excluding hydrogens is 448 g/mol. The van der Waals surface area contributed by atoms with Crippen LogP contribution in [0.5, 0.6) is 17.2 Å². The number of rotatable bonds is 6. The quantitative estimate of drug-likeness (QED) is 0.495. The van der Waals surface area contributed by atoms with Gasteiger partial charge in [-0.25, -0.2) is 0 Å². The lowest BCUT2D eigenvalue weighted by molar-refractivity contribution is -0.126. The maximum atomic E-state index is 12.8. The Balaban J connectivity index is 1.75. The fourth-order valence-corrected chi connectivity index (χ4v) is 4.04. The summed E-state index contributed by atoms with van der Waals surface area (Å²) in [5.74, 6) is -0.495. The number of amides is 2. The second-order valence-corrected chi connectivity index (χ2v) is 8.21. The molecule has 2 aromatic rings. The third kappa shape index (κ3) is 4.86. The monoisotopic (exact) mass is 464 g/mol. The summed E-state index contributed by atoms with van der Waals surface area (Å²) in [4.78, 5) is 26.7. The van der Waals surface area contributed by atoms with Crippen molar-refractivity contribution in [2.45, 2.75) is 0 Å². The van der Waals surface area contributed by atoms with E-state index in [2.05, 4.69) is 5.32 Å². The summed E-state index contributed by atoms with van der Waals surface area (Å²) in [5.41, 5.74) is 1.14. The van der Waals surface area contributed by atoms with Gasteiger partial charge in [0, 0.05) is 10.7 Å². The smallest absolute Gasteiger partial charge is 0.266 e. The van der Waals surface area contributed by atoms with E-state index in [-0.39, 0.29) is 39.9 Å². The van der Waals surface area contributed by atoms with E-state index < -0.39 is 0 Å². The molecule has 156 valence electrons. The van der Waals surface area contributed by atoms with E-state index in [9.17, 15) is 14.7 Å². The SMILES string of the molecule is COc1cc(/C=C2\SC(=S)N(CC(=O)Nc3ccc(Cl)cc3)C2=O)cc(OC)c1O. The van der Waals surface area contributed by atoms with Gasteiger partial charge in [-0.05, 0) is 48.0 Å². The van der Waals surface area contributed by atoms with Crippen LogP contribution in [0.4, 0.5) is 5.69 Å². The van der Waals surface area contributed by atoms with Gasteiger partial charge >= 0.3 is 0 Å². The first-order valence-electron chi connectivity index (χ1n) is 8.58. The largest absolute Gasteiger partial charge is 0.502 e. The second-order valence-electron chi connectivity index (χ2n) is 6.10. The summed E-state index contributed by atoms with van der Waals surface area (Å²) in [6.45, 7) is -0.215. The molecule has 7 nitrogen and oxygen atoms in total. The highest BCUT2D eigenvalue weighted by Gasteiger charge is 2.33. The second kappa shape index (κ2) is 9.38. The Morgan fingerprint density at radius 2 is 1.83 bits per heavy atom. The molecule has 1 aliphatic rings. The van der Waals surface area contributed by atoms with E-state index in [0.717, 1.165) is 11.8 Å². The third-order valence-electron chi connectivity index (χ3n) is 4.10. The van der Waals surface area contributed by atoms with Crippen LogP contribution >= 0.6 is 35.6 Å². The van der Waals surface area contributed by atoms with Gasteiger partial charge in [0.1, 0.15) is 10.9 Å². The Labute approximate surface area is 187 Å². The Morgan fingerprint density at radius 3 is 2.40 bits per heavy atom. The zero-order valence-electron chi connectivity index (χ0n) is 16.0. The summed E-state index contributed by atoms with van der Waals surface area (Å²) >= 11 is 12.2. The maximum absolute atomic E-state index is 12.8.